The molecule has 1 aromatic rings. The van der Waals surface area contributed by atoms with Crippen molar-refractivity contribution in [2.45, 2.75) is 25.4 Å². The first-order valence-corrected chi connectivity index (χ1v) is 6.82. The molecule has 7 heteroatoms. The Morgan fingerprint density at radius 2 is 2.16 bits per heavy atom. The maximum absolute atomic E-state index is 10.9. The van der Waals surface area contributed by atoms with Gasteiger partial charge >= 0.3 is 0 Å². The highest BCUT2D eigenvalue weighted by molar-refractivity contribution is 6.42. The summed E-state index contributed by atoms with van der Waals surface area (Å²) in [6, 6.07) is 2.75. The summed E-state index contributed by atoms with van der Waals surface area (Å²) in [6.07, 6.45) is 3.19. The Labute approximate surface area is 121 Å². The van der Waals surface area contributed by atoms with Gasteiger partial charge in [-0.1, -0.05) is 23.2 Å². The van der Waals surface area contributed by atoms with Crippen LogP contribution in [0.2, 0.25) is 10.0 Å². The van der Waals surface area contributed by atoms with Gasteiger partial charge in [-0.3, -0.25) is 10.1 Å². The molecule has 0 aromatic heterocycles. The van der Waals surface area contributed by atoms with E-state index in [-0.39, 0.29) is 16.8 Å². The molecule has 0 radical (unpaired) electrons. The van der Waals surface area contributed by atoms with Crippen molar-refractivity contribution in [1.82, 2.24) is 0 Å². The van der Waals surface area contributed by atoms with Crippen LogP contribution in [0.3, 0.4) is 0 Å². The summed E-state index contributed by atoms with van der Waals surface area (Å²) in [5, 5.41) is 14.4. The van der Waals surface area contributed by atoms with E-state index in [0.717, 1.165) is 25.9 Å². The molecule has 2 rings (SSSR count). The number of hydrogen-bond donors (Lipinski definition) is 1. The second kappa shape index (κ2) is 6.41. The smallest absolute Gasteiger partial charge is 0.293 e. The van der Waals surface area contributed by atoms with Crippen molar-refractivity contribution in [2.75, 3.05) is 18.5 Å². The second-order valence-corrected chi connectivity index (χ2v) is 5.21. The summed E-state index contributed by atoms with van der Waals surface area (Å²) < 4.78 is 5.49. The van der Waals surface area contributed by atoms with Crippen LogP contribution in [0.5, 0.6) is 0 Å². The van der Waals surface area contributed by atoms with E-state index in [1.54, 1.807) is 0 Å². The van der Waals surface area contributed by atoms with Gasteiger partial charge in [0.25, 0.3) is 5.69 Å². The second-order valence-electron chi connectivity index (χ2n) is 4.39. The van der Waals surface area contributed by atoms with Gasteiger partial charge in [0.05, 0.1) is 21.1 Å². The summed E-state index contributed by atoms with van der Waals surface area (Å²) in [5.41, 5.74) is 0.319. The monoisotopic (exact) mass is 304 g/mol. The standard InChI is InChI=1S/C12H14Cl2N2O3/c13-9-6-11(12(16(17)18)7-10(9)14)15-4-3-8-2-1-5-19-8/h6-8,15H,1-5H2. The Balaban J connectivity index is 2.01. The lowest BCUT2D eigenvalue weighted by Gasteiger charge is -2.11. The van der Waals surface area contributed by atoms with Gasteiger partial charge in [0, 0.05) is 19.2 Å². The Hall–Kier alpha value is -1.04. The third kappa shape index (κ3) is 3.72. The maximum atomic E-state index is 10.9. The topological polar surface area (TPSA) is 64.4 Å². The molecular formula is C12H14Cl2N2O3. The highest BCUT2D eigenvalue weighted by Crippen LogP contribution is 2.34. The van der Waals surface area contributed by atoms with Gasteiger partial charge in [0.2, 0.25) is 0 Å². The predicted octanol–water partition coefficient (Wildman–Crippen LogP) is 3.88. The van der Waals surface area contributed by atoms with Gasteiger partial charge in [0.15, 0.2) is 0 Å². The fraction of sp³-hybridized carbons (Fsp3) is 0.500. The molecule has 1 saturated heterocycles. The number of benzene rings is 1. The normalized spacial score (nSPS) is 18.5. The third-order valence-electron chi connectivity index (χ3n) is 3.04. The lowest BCUT2D eigenvalue weighted by Crippen LogP contribution is -2.13. The number of nitrogens with zero attached hydrogens (tertiary/aromatic N) is 1. The van der Waals surface area contributed by atoms with Gasteiger partial charge in [-0.05, 0) is 25.3 Å². The fourth-order valence-corrected chi connectivity index (χ4v) is 2.39. The van der Waals surface area contributed by atoms with E-state index >= 15 is 0 Å². The molecule has 1 aliphatic rings. The molecule has 1 unspecified atom stereocenters. The van der Waals surface area contributed by atoms with E-state index in [2.05, 4.69) is 5.32 Å². The fourth-order valence-electron chi connectivity index (χ4n) is 2.07. The number of hydrogen-bond acceptors (Lipinski definition) is 4. The first-order chi connectivity index (χ1) is 9.08. The minimum absolute atomic E-state index is 0.0678. The first kappa shape index (κ1) is 14.4. The van der Waals surface area contributed by atoms with Crippen LogP contribution in [0, 0.1) is 10.1 Å². The largest absolute Gasteiger partial charge is 0.379 e. The van der Waals surface area contributed by atoms with E-state index in [9.17, 15) is 10.1 Å². The summed E-state index contributed by atoms with van der Waals surface area (Å²) in [7, 11) is 0. The van der Waals surface area contributed by atoms with Crippen molar-refractivity contribution in [3.8, 4) is 0 Å². The van der Waals surface area contributed by atoms with Gasteiger partial charge in [-0.15, -0.1) is 0 Å². The van der Waals surface area contributed by atoms with Crippen LogP contribution in [-0.4, -0.2) is 24.2 Å². The number of nitrogens with one attached hydrogen (secondary N) is 1. The van der Waals surface area contributed by atoms with E-state index in [1.165, 1.54) is 12.1 Å². The molecule has 1 heterocycles. The minimum atomic E-state index is -0.476. The zero-order valence-electron chi connectivity index (χ0n) is 10.2. The molecule has 5 nitrogen and oxygen atoms in total. The van der Waals surface area contributed by atoms with E-state index in [0.29, 0.717) is 17.3 Å². The predicted molar refractivity (Wildman–Crippen MR) is 75.2 cm³/mol. The van der Waals surface area contributed by atoms with Crippen molar-refractivity contribution in [2.24, 2.45) is 0 Å². The van der Waals surface area contributed by atoms with Crippen LogP contribution in [0.25, 0.3) is 0 Å². The third-order valence-corrected chi connectivity index (χ3v) is 3.76. The van der Waals surface area contributed by atoms with E-state index in [4.69, 9.17) is 27.9 Å². The number of anilines is 1. The molecule has 0 saturated carbocycles. The highest BCUT2D eigenvalue weighted by atomic mass is 35.5. The molecule has 1 fully saturated rings. The Kier molecular flexibility index (Phi) is 4.85. The van der Waals surface area contributed by atoms with Gasteiger partial charge < -0.3 is 10.1 Å². The molecule has 0 spiro atoms. The van der Waals surface area contributed by atoms with Crippen LogP contribution in [0.15, 0.2) is 12.1 Å². The molecule has 1 N–H and O–H groups in total. The average molecular weight is 305 g/mol. The Bertz CT molecular complexity index is 476. The molecule has 1 atom stereocenters. The number of rotatable bonds is 5. The van der Waals surface area contributed by atoms with E-state index in [1.807, 2.05) is 0 Å². The lowest BCUT2D eigenvalue weighted by atomic mass is 10.2. The molecule has 104 valence electrons. The number of halogens is 2. The summed E-state index contributed by atoms with van der Waals surface area (Å²) in [6.45, 7) is 1.40. The van der Waals surface area contributed by atoms with E-state index < -0.39 is 4.92 Å². The van der Waals surface area contributed by atoms with Gasteiger partial charge in [-0.2, -0.15) is 0 Å². The molecule has 1 aliphatic heterocycles. The van der Waals surface area contributed by atoms with Crippen LogP contribution in [0.1, 0.15) is 19.3 Å². The Morgan fingerprint density at radius 1 is 1.42 bits per heavy atom. The highest BCUT2D eigenvalue weighted by Gasteiger charge is 2.18. The van der Waals surface area contributed by atoms with Crippen molar-refractivity contribution < 1.29 is 9.66 Å². The van der Waals surface area contributed by atoms with Crippen LogP contribution in [0.4, 0.5) is 11.4 Å². The lowest BCUT2D eigenvalue weighted by molar-refractivity contribution is -0.383. The van der Waals surface area contributed by atoms with Crippen molar-refractivity contribution >= 4 is 34.6 Å². The maximum Gasteiger partial charge on any atom is 0.293 e. The summed E-state index contributed by atoms with van der Waals surface area (Å²) in [5.74, 6) is 0. The van der Waals surface area contributed by atoms with Crippen LogP contribution in [-0.2, 0) is 4.74 Å². The zero-order valence-corrected chi connectivity index (χ0v) is 11.7. The number of nitro groups is 1. The SMILES string of the molecule is O=[N+]([O-])c1cc(Cl)c(Cl)cc1NCCC1CCCO1. The molecule has 0 bridgehead atoms. The minimum Gasteiger partial charge on any atom is -0.379 e. The van der Waals surface area contributed by atoms with Gasteiger partial charge in [-0.25, -0.2) is 0 Å². The van der Waals surface area contributed by atoms with Gasteiger partial charge in [0.1, 0.15) is 5.69 Å². The Morgan fingerprint density at radius 3 is 2.79 bits per heavy atom. The van der Waals surface area contributed by atoms with Crippen molar-refractivity contribution in [3.63, 3.8) is 0 Å². The van der Waals surface area contributed by atoms with Crippen molar-refractivity contribution in [3.05, 3.63) is 32.3 Å². The quantitative estimate of drug-likeness (QED) is 0.662. The number of nitro benzene ring substituents is 1. The molecule has 19 heavy (non-hydrogen) atoms. The molecule has 1 aromatic carbocycles. The summed E-state index contributed by atoms with van der Waals surface area (Å²) >= 11 is 11.7. The summed E-state index contributed by atoms with van der Waals surface area (Å²) in [4.78, 5) is 10.5. The zero-order chi connectivity index (χ0) is 13.8. The first-order valence-electron chi connectivity index (χ1n) is 6.07. The number of ether oxygens (including phenoxy) is 1. The van der Waals surface area contributed by atoms with Crippen LogP contribution < -0.4 is 5.32 Å². The molecule has 0 aliphatic carbocycles. The van der Waals surface area contributed by atoms with Crippen molar-refractivity contribution in [1.29, 1.82) is 0 Å². The van der Waals surface area contributed by atoms with Crippen LogP contribution >= 0.6 is 23.2 Å². The molecular weight excluding hydrogens is 291 g/mol. The average Bonchev–Trinajstić information content (AvgIpc) is 2.86. The molecule has 0 amide bonds.